The van der Waals surface area contributed by atoms with Gasteiger partial charge in [0.1, 0.15) is 0 Å². The second-order valence-electron chi connectivity index (χ2n) is 5.70. The summed E-state index contributed by atoms with van der Waals surface area (Å²) >= 11 is 5.56. The minimum Gasteiger partial charge on any atom is -0.311 e. The van der Waals surface area contributed by atoms with E-state index in [0.717, 1.165) is 5.92 Å². The molecule has 1 unspecified atom stereocenters. The molecule has 1 aromatic heterocycles. The van der Waals surface area contributed by atoms with Crippen LogP contribution >= 0.6 is 27.3 Å². The lowest BCUT2D eigenvalue weighted by Gasteiger charge is -2.31. The predicted octanol–water partition coefficient (Wildman–Crippen LogP) is 4.53. The average Bonchev–Trinajstić information content (AvgIpc) is 2.75. The minimum absolute atomic E-state index is 0.366. The number of aryl methyl sites for hydroxylation is 1. The summed E-state index contributed by atoms with van der Waals surface area (Å²) in [6.07, 6.45) is 5.15. The molecule has 0 radical (unpaired) electrons. The van der Waals surface area contributed by atoms with Crippen LogP contribution in [0.3, 0.4) is 0 Å². The molecule has 0 spiro atoms. The first-order valence-corrected chi connectivity index (χ1v) is 8.11. The third-order valence-corrected chi connectivity index (χ3v) is 5.69. The Balaban J connectivity index is 2.12. The molecule has 17 heavy (non-hydrogen) atoms. The first-order valence-electron chi connectivity index (χ1n) is 6.51. The van der Waals surface area contributed by atoms with Crippen molar-refractivity contribution in [3.63, 3.8) is 0 Å². The van der Waals surface area contributed by atoms with Crippen LogP contribution in [-0.4, -0.2) is 12.1 Å². The van der Waals surface area contributed by atoms with Gasteiger partial charge < -0.3 is 5.32 Å². The molecule has 1 atom stereocenters. The molecule has 96 valence electrons. The van der Waals surface area contributed by atoms with Crippen molar-refractivity contribution in [3.8, 4) is 0 Å². The molecule has 2 heterocycles. The van der Waals surface area contributed by atoms with Crippen LogP contribution in [-0.2, 0) is 6.42 Å². The Kier molecular flexibility index (Phi) is 4.32. The third kappa shape index (κ3) is 3.33. The van der Waals surface area contributed by atoms with Gasteiger partial charge in [0.05, 0.1) is 0 Å². The number of hydrogen-bond donors (Lipinski definition) is 1. The number of rotatable bonds is 4. The van der Waals surface area contributed by atoms with Gasteiger partial charge in [0, 0.05) is 26.2 Å². The number of hydrogen-bond acceptors (Lipinski definition) is 2. The number of halogens is 1. The highest BCUT2D eigenvalue weighted by molar-refractivity contribution is 9.10. The number of nitrogens with one attached hydrogen (secondary N) is 1. The van der Waals surface area contributed by atoms with Crippen molar-refractivity contribution in [2.45, 2.75) is 52.0 Å². The highest BCUT2D eigenvalue weighted by atomic mass is 79.9. The third-order valence-electron chi connectivity index (χ3n) is 3.55. The van der Waals surface area contributed by atoms with Gasteiger partial charge in [-0.15, -0.1) is 11.3 Å². The Labute approximate surface area is 117 Å². The second kappa shape index (κ2) is 5.41. The number of thiophene rings is 1. The van der Waals surface area contributed by atoms with E-state index in [-0.39, 0.29) is 0 Å². The maximum atomic E-state index is 3.77. The first kappa shape index (κ1) is 13.6. The molecule has 1 aliphatic rings. The van der Waals surface area contributed by atoms with Crippen LogP contribution in [0.2, 0.25) is 0 Å². The fourth-order valence-corrected chi connectivity index (χ4v) is 4.73. The van der Waals surface area contributed by atoms with Gasteiger partial charge in [0.15, 0.2) is 0 Å². The van der Waals surface area contributed by atoms with E-state index in [1.807, 2.05) is 11.3 Å². The van der Waals surface area contributed by atoms with Crippen molar-refractivity contribution in [1.29, 1.82) is 0 Å². The molecule has 2 rings (SSSR count). The van der Waals surface area contributed by atoms with Crippen molar-refractivity contribution in [3.05, 3.63) is 20.3 Å². The fraction of sp³-hybridized carbons (Fsp3) is 0.714. The van der Waals surface area contributed by atoms with Gasteiger partial charge in [0.2, 0.25) is 0 Å². The van der Waals surface area contributed by atoms with Gasteiger partial charge in [0.25, 0.3) is 0 Å². The average molecular weight is 316 g/mol. The standard InChI is InChI=1S/C14H22BrNS/c1-10(2)8-14(5-4-6-16-14)9-12-7-13(15)11(3)17-12/h7,10,16H,4-6,8-9H2,1-3H3. The van der Waals surface area contributed by atoms with Crippen LogP contribution in [0, 0.1) is 12.8 Å². The first-order chi connectivity index (χ1) is 8.01. The van der Waals surface area contributed by atoms with E-state index in [4.69, 9.17) is 0 Å². The molecule has 1 nitrogen and oxygen atoms in total. The van der Waals surface area contributed by atoms with Crippen LogP contribution in [0.4, 0.5) is 0 Å². The summed E-state index contributed by atoms with van der Waals surface area (Å²) in [7, 11) is 0. The Morgan fingerprint density at radius 1 is 1.53 bits per heavy atom. The van der Waals surface area contributed by atoms with Crippen LogP contribution in [0.1, 0.15) is 42.9 Å². The molecule has 0 saturated carbocycles. The summed E-state index contributed by atoms with van der Waals surface area (Å²) in [6.45, 7) is 8.04. The van der Waals surface area contributed by atoms with E-state index in [1.165, 1.54) is 46.5 Å². The van der Waals surface area contributed by atoms with Crippen LogP contribution in [0.15, 0.2) is 10.5 Å². The quantitative estimate of drug-likeness (QED) is 0.860. The second-order valence-corrected chi connectivity index (χ2v) is 7.90. The van der Waals surface area contributed by atoms with Gasteiger partial charge in [-0.05, 0) is 60.6 Å². The maximum absolute atomic E-state index is 3.77. The molecule has 1 fully saturated rings. The predicted molar refractivity (Wildman–Crippen MR) is 79.9 cm³/mol. The maximum Gasteiger partial charge on any atom is 0.0314 e. The Morgan fingerprint density at radius 3 is 2.76 bits per heavy atom. The zero-order valence-corrected chi connectivity index (χ0v) is 13.4. The van der Waals surface area contributed by atoms with Gasteiger partial charge in [-0.3, -0.25) is 0 Å². The molecular weight excluding hydrogens is 294 g/mol. The highest BCUT2D eigenvalue weighted by Crippen LogP contribution is 2.35. The Hall–Kier alpha value is 0.140. The lowest BCUT2D eigenvalue weighted by molar-refractivity contribution is 0.303. The van der Waals surface area contributed by atoms with Gasteiger partial charge >= 0.3 is 0 Å². The molecule has 0 bridgehead atoms. The molecule has 0 aliphatic carbocycles. The lowest BCUT2D eigenvalue weighted by Crippen LogP contribution is -2.42. The van der Waals surface area contributed by atoms with Crippen LogP contribution in [0.5, 0.6) is 0 Å². The van der Waals surface area contributed by atoms with Gasteiger partial charge in [-0.2, -0.15) is 0 Å². The highest BCUT2D eigenvalue weighted by Gasteiger charge is 2.34. The molecule has 1 aromatic rings. The van der Waals surface area contributed by atoms with Gasteiger partial charge in [-0.25, -0.2) is 0 Å². The summed E-state index contributed by atoms with van der Waals surface area (Å²) in [5.74, 6) is 0.769. The topological polar surface area (TPSA) is 12.0 Å². The fourth-order valence-electron chi connectivity index (χ4n) is 2.99. The van der Waals surface area contributed by atoms with E-state index in [2.05, 4.69) is 48.1 Å². The normalized spacial score (nSPS) is 24.8. The van der Waals surface area contributed by atoms with E-state index >= 15 is 0 Å². The molecule has 1 saturated heterocycles. The van der Waals surface area contributed by atoms with E-state index in [1.54, 1.807) is 0 Å². The molecule has 3 heteroatoms. The minimum atomic E-state index is 0.366. The summed E-state index contributed by atoms with van der Waals surface area (Å²) in [4.78, 5) is 2.92. The van der Waals surface area contributed by atoms with E-state index in [9.17, 15) is 0 Å². The molecule has 1 aliphatic heterocycles. The monoisotopic (exact) mass is 315 g/mol. The summed E-state index contributed by atoms with van der Waals surface area (Å²) in [5.41, 5.74) is 0.366. The van der Waals surface area contributed by atoms with E-state index < -0.39 is 0 Å². The molecule has 0 aromatic carbocycles. The van der Waals surface area contributed by atoms with Crippen molar-refractivity contribution >= 4 is 27.3 Å². The Morgan fingerprint density at radius 2 is 2.29 bits per heavy atom. The lowest BCUT2D eigenvalue weighted by atomic mass is 9.84. The van der Waals surface area contributed by atoms with Crippen molar-refractivity contribution < 1.29 is 0 Å². The summed E-state index contributed by atoms with van der Waals surface area (Å²) < 4.78 is 1.27. The SMILES string of the molecule is Cc1sc(CC2(CC(C)C)CCCN2)cc1Br. The molecular formula is C14H22BrNS. The van der Waals surface area contributed by atoms with Crippen LogP contribution < -0.4 is 5.32 Å². The van der Waals surface area contributed by atoms with E-state index in [0.29, 0.717) is 5.54 Å². The van der Waals surface area contributed by atoms with Crippen molar-refractivity contribution in [2.24, 2.45) is 5.92 Å². The van der Waals surface area contributed by atoms with Crippen LogP contribution in [0.25, 0.3) is 0 Å². The zero-order valence-electron chi connectivity index (χ0n) is 11.0. The summed E-state index contributed by atoms with van der Waals surface area (Å²) in [5, 5.41) is 3.77. The van der Waals surface area contributed by atoms with Crippen molar-refractivity contribution in [1.82, 2.24) is 5.32 Å². The largest absolute Gasteiger partial charge is 0.311 e. The zero-order chi connectivity index (χ0) is 12.5. The van der Waals surface area contributed by atoms with Gasteiger partial charge in [-0.1, -0.05) is 13.8 Å². The molecule has 1 N–H and O–H groups in total. The smallest absolute Gasteiger partial charge is 0.0314 e. The Bertz CT molecular complexity index is 358. The van der Waals surface area contributed by atoms with Crippen molar-refractivity contribution in [2.75, 3.05) is 6.54 Å². The summed E-state index contributed by atoms with van der Waals surface area (Å²) in [6, 6.07) is 2.31. The molecule has 0 amide bonds.